The fraction of sp³-hybridized carbons (Fsp3) is 0.867. The summed E-state index contributed by atoms with van der Waals surface area (Å²) in [6.07, 6.45) is 1.65. The van der Waals surface area contributed by atoms with Crippen LogP contribution in [0.2, 0.25) is 0 Å². The normalized spacial score (nSPS) is 31.4. The van der Waals surface area contributed by atoms with Crippen LogP contribution in [0.15, 0.2) is 0 Å². The second kappa shape index (κ2) is 5.94. The first kappa shape index (κ1) is 18.6. The van der Waals surface area contributed by atoms with Gasteiger partial charge >= 0.3 is 0 Å². The molecule has 0 bridgehead atoms. The van der Waals surface area contributed by atoms with Gasteiger partial charge in [-0.2, -0.15) is 0 Å². The van der Waals surface area contributed by atoms with Crippen LogP contribution in [0.3, 0.4) is 0 Å². The van der Waals surface area contributed by atoms with Crippen molar-refractivity contribution in [2.75, 3.05) is 37.1 Å². The first-order chi connectivity index (χ1) is 11.5. The Kier molecular flexibility index (Phi) is 4.42. The smallest absolute Gasteiger partial charge is 0.238 e. The Bertz CT molecular complexity index is 736. The van der Waals surface area contributed by atoms with Gasteiger partial charge in [0.25, 0.3) is 0 Å². The van der Waals surface area contributed by atoms with E-state index >= 15 is 0 Å². The van der Waals surface area contributed by atoms with Crippen molar-refractivity contribution < 1.29 is 26.4 Å². The highest BCUT2D eigenvalue weighted by atomic mass is 32.2. The molecule has 3 rings (SSSR count). The van der Waals surface area contributed by atoms with Gasteiger partial charge in [-0.3, -0.25) is 9.59 Å². The van der Waals surface area contributed by atoms with Crippen molar-refractivity contribution in [1.82, 2.24) is 9.80 Å². The highest BCUT2D eigenvalue weighted by molar-refractivity contribution is 7.91. The lowest BCUT2D eigenvalue weighted by Gasteiger charge is -2.32. The minimum Gasteiger partial charge on any atom is -0.341 e. The molecular weight excluding hydrogens is 368 g/mol. The van der Waals surface area contributed by atoms with Crippen molar-refractivity contribution in [2.45, 2.75) is 37.8 Å². The van der Waals surface area contributed by atoms with Crippen LogP contribution in [0.1, 0.15) is 25.7 Å². The SMILES string of the molecule is CN(C(=O)C1(C(=O)N(C)C2CCS(=O)(=O)C2)CC1)C1CCS(=O)(=O)C1. The molecule has 2 saturated heterocycles. The van der Waals surface area contributed by atoms with E-state index in [1.807, 2.05) is 0 Å². The molecular formula is C15H24N2O6S2. The molecule has 3 aliphatic rings. The van der Waals surface area contributed by atoms with Gasteiger partial charge in [0.1, 0.15) is 5.41 Å². The maximum atomic E-state index is 12.9. The zero-order chi connectivity index (χ0) is 18.6. The molecule has 0 aromatic rings. The molecule has 3 fully saturated rings. The van der Waals surface area contributed by atoms with E-state index in [0.717, 1.165) is 0 Å². The number of carbonyl (C=O) groups is 2. The Hall–Kier alpha value is -1.16. The number of sulfone groups is 2. The average molecular weight is 392 g/mol. The van der Waals surface area contributed by atoms with Crippen LogP contribution >= 0.6 is 0 Å². The number of hydrogen-bond acceptors (Lipinski definition) is 6. The monoisotopic (exact) mass is 392 g/mol. The number of amides is 2. The third-order valence-corrected chi connectivity index (χ3v) is 9.22. The highest BCUT2D eigenvalue weighted by Crippen LogP contribution is 2.49. The predicted octanol–water partition coefficient (Wildman–Crippen LogP) is -0.942. The standard InChI is InChI=1S/C15H24N2O6S2/c1-16(11-3-7-24(20,21)9-11)13(18)15(5-6-15)14(19)17(2)12-4-8-25(22,23)10-12/h11-12H,3-10H2,1-2H3. The van der Waals surface area contributed by atoms with Gasteiger partial charge in [-0.05, 0) is 25.7 Å². The molecule has 10 heteroatoms. The molecule has 1 aliphatic carbocycles. The van der Waals surface area contributed by atoms with E-state index in [1.165, 1.54) is 9.80 Å². The third kappa shape index (κ3) is 3.42. The molecule has 8 nitrogen and oxygen atoms in total. The Morgan fingerprint density at radius 3 is 1.40 bits per heavy atom. The van der Waals surface area contributed by atoms with Crippen molar-refractivity contribution in [2.24, 2.45) is 5.41 Å². The van der Waals surface area contributed by atoms with Gasteiger partial charge in [-0.25, -0.2) is 16.8 Å². The summed E-state index contributed by atoms with van der Waals surface area (Å²) >= 11 is 0. The van der Waals surface area contributed by atoms with E-state index in [-0.39, 0.29) is 46.9 Å². The molecule has 0 aromatic heterocycles. The predicted molar refractivity (Wildman–Crippen MR) is 91.3 cm³/mol. The van der Waals surface area contributed by atoms with Crippen LogP contribution in [-0.4, -0.2) is 87.6 Å². The quantitative estimate of drug-likeness (QED) is 0.571. The van der Waals surface area contributed by atoms with Crippen LogP contribution in [0.4, 0.5) is 0 Å². The summed E-state index contributed by atoms with van der Waals surface area (Å²) in [6.45, 7) is 0. The summed E-state index contributed by atoms with van der Waals surface area (Å²) in [7, 11) is -3.12. The van der Waals surface area contributed by atoms with Crippen molar-refractivity contribution in [3.63, 3.8) is 0 Å². The Morgan fingerprint density at radius 2 is 1.16 bits per heavy atom. The largest absolute Gasteiger partial charge is 0.341 e. The topological polar surface area (TPSA) is 109 Å². The molecule has 1 saturated carbocycles. The molecule has 2 unspecified atom stereocenters. The van der Waals surface area contributed by atoms with Gasteiger partial charge in [0.05, 0.1) is 23.0 Å². The van der Waals surface area contributed by atoms with Gasteiger partial charge < -0.3 is 9.80 Å². The zero-order valence-electron chi connectivity index (χ0n) is 14.5. The molecule has 0 radical (unpaired) electrons. The van der Waals surface area contributed by atoms with Gasteiger partial charge in [0.2, 0.25) is 11.8 Å². The van der Waals surface area contributed by atoms with Crippen LogP contribution in [0.5, 0.6) is 0 Å². The average Bonchev–Trinajstić information content (AvgIpc) is 3.15. The van der Waals surface area contributed by atoms with Crippen LogP contribution in [0.25, 0.3) is 0 Å². The number of carbonyl (C=O) groups excluding carboxylic acids is 2. The number of nitrogens with zero attached hydrogens (tertiary/aromatic N) is 2. The van der Waals surface area contributed by atoms with Crippen molar-refractivity contribution >= 4 is 31.5 Å². The van der Waals surface area contributed by atoms with Crippen molar-refractivity contribution in [3.05, 3.63) is 0 Å². The van der Waals surface area contributed by atoms with Crippen LogP contribution in [0, 0.1) is 5.41 Å². The van der Waals surface area contributed by atoms with Gasteiger partial charge in [-0.15, -0.1) is 0 Å². The highest BCUT2D eigenvalue weighted by Gasteiger charge is 2.60. The minimum atomic E-state index is -3.12. The van der Waals surface area contributed by atoms with Gasteiger partial charge in [0.15, 0.2) is 19.7 Å². The molecule has 2 atom stereocenters. The van der Waals surface area contributed by atoms with E-state index in [4.69, 9.17) is 0 Å². The summed E-state index contributed by atoms with van der Waals surface area (Å²) in [5.41, 5.74) is -1.14. The van der Waals surface area contributed by atoms with Gasteiger partial charge in [0, 0.05) is 26.2 Å². The second-order valence-corrected chi connectivity index (χ2v) is 12.0. The Morgan fingerprint density at radius 1 is 0.800 bits per heavy atom. The maximum Gasteiger partial charge on any atom is 0.238 e. The maximum absolute atomic E-state index is 12.9. The molecule has 0 aromatic carbocycles. The lowest BCUT2D eigenvalue weighted by atomic mass is 10.0. The van der Waals surface area contributed by atoms with E-state index < -0.39 is 25.1 Å². The minimum absolute atomic E-state index is 0.0593. The Labute approximate surface area is 148 Å². The summed E-state index contributed by atoms with van der Waals surface area (Å²) in [5.74, 6) is -0.668. The number of hydrogen-bond donors (Lipinski definition) is 0. The zero-order valence-corrected chi connectivity index (χ0v) is 16.1. The Balaban J connectivity index is 1.71. The fourth-order valence-corrected chi connectivity index (χ4v) is 7.36. The molecule has 142 valence electrons. The summed E-state index contributed by atoms with van der Waals surface area (Å²) in [5, 5.41) is 0. The lowest BCUT2D eigenvalue weighted by Crippen LogP contribution is -2.50. The molecule has 0 spiro atoms. The second-order valence-electron chi connectivity index (χ2n) is 7.53. The molecule has 0 N–H and O–H groups in total. The van der Waals surface area contributed by atoms with E-state index in [9.17, 15) is 26.4 Å². The van der Waals surface area contributed by atoms with Crippen LogP contribution in [-0.2, 0) is 29.3 Å². The fourth-order valence-electron chi connectivity index (χ4n) is 3.81. The van der Waals surface area contributed by atoms with E-state index in [1.54, 1.807) is 14.1 Å². The summed E-state index contributed by atoms with van der Waals surface area (Å²) < 4.78 is 46.6. The van der Waals surface area contributed by atoms with Crippen molar-refractivity contribution in [3.8, 4) is 0 Å². The first-order valence-electron chi connectivity index (χ1n) is 8.43. The van der Waals surface area contributed by atoms with Crippen LogP contribution < -0.4 is 0 Å². The molecule has 2 heterocycles. The van der Waals surface area contributed by atoms with Gasteiger partial charge in [-0.1, -0.05) is 0 Å². The van der Waals surface area contributed by atoms with Crippen molar-refractivity contribution in [1.29, 1.82) is 0 Å². The third-order valence-electron chi connectivity index (χ3n) is 5.72. The number of rotatable bonds is 4. The van der Waals surface area contributed by atoms with E-state index in [0.29, 0.717) is 25.7 Å². The van der Waals surface area contributed by atoms with E-state index in [2.05, 4.69) is 0 Å². The molecule has 25 heavy (non-hydrogen) atoms. The lowest BCUT2D eigenvalue weighted by molar-refractivity contribution is -0.149. The molecule has 2 amide bonds. The first-order valence-corrected chi connectivity index (χ1v) is 12.1. The summed E-state index contributed by atoms with van der Waals surface area (Å²) in [6, 6.07) is -0.778. The molecule has 2 aliphatic heterocycles. The summed E-state index contributed by atoms with van der Waals surface area (Å²) in [4.78, 5) is 28.6.